The minimum absolute atomic E-state index is 0.0286. The van der Waals surface area contributed by atoms with Gasteiger partial charge in [-0.1, -0.05) is 25.1 Å². The Labute approximate surface area is 121 Å². The topological polar surface area (TPSA) is 44.4 Å². The van der Waals surface area contributed by atoms with E-state index in [1.807, 2.05) is 23.1 Å². The summed E-state index contributed by atoms with van der Waals surface area (Å²) >= 11 is 0. The molecule has 4 heteroatoms. The Bertz CT molecular complexity index is 441. The number of piperidine rings is 1. The third kappa shape index (κ3) is 3.73. The second kappa shape index (κ2) is 7.29. The van der Waals surface area contributed by atoms with Crippen LogP contribution in [0, 0.1) is 0 Å². The summed E-state index contributed by atoms with van der Waals surface area (Å²) in [6, 6.07) is 8.29. The molecule has 2 amide bonds. The van der Waals surface area contributed by atoms with E-state index in [4.69, 9.17) is 0 Å². The summed E-state index contributed by atoms with van der Waals surface area (Å²) in [4.78, 5) is 14.2. The molecule has 1 saturated heterocycles. The number of anilines is 1. The van der Waals surface area contributed by atoms with Gasteiger partial charge in [-0.15, -0.1) is 0 Å². The van der Waals surface area contributed by atoms with Crippen molar-refractivity contribution in [1.29, 1.82) is 0 Å². The molecule has 20 heavy (non-hydrogen) atoms. The van der Waals surface area contributed by atoms with E-state index in [2.05, 4.69) is 30.5 Å². The number of para-hydroxylation sites is 1. The molecule has 1 aromatic carbocycles. The molecule has 0 radical (unpaired) electrons. The second-order valence-corrected chi connectivity index (χ2v) is 5.34. The van der Waals surface area contributed by atoms with Crippen LogP contribution in [-0.4, -0.2) is 30.6 Å². The molecule has 1 aromatic rings. The molecule has 1 fully saturated rings. The van der Waals surface area contributed by atoms with Gasteiger partial charge in [-0.25, -0.2) is 4.79 Å². The smallest absolute Gasteiger partial charge is 0.321 e. The van der Waals surface area contributed by atoms with Gasteiger partial charge >= 0.3 is 6.03 Å². The molecule has 0 bridgehead atoms. The summed E-state index contributed by atoms with van der Waals surface area (Å²) in [6.07, 6.45) is 3.46. The van der Waals surface area contributed by atoms with Crippen LogP contribution in [0.4, 0.5) is 10.5 Å². The van der Waals surface area contributed by atoms with Gasteiger partial charge in [-0.3, -0.25) is 0 Å². The Morgan fingerprint density at radius 3 is 2.65 bits per heavy atom. The van der Waals surface area contributed by atoms with Crippen LogP contribution in [0.3, 0.4) is 0 Å². The Hall–Kier alpha value is -1.55. The highest BCUT2D eigenvalue weighted by atomic mass is 16.2. The number of nitrogens with zero attached hydrogens (tertiary/aromatic N) is 1. The number of benzene rings is 1. The maximum atomic E-state index is 12.3. The molecule has 1 atom stereocenters. The monoisotopic (exact) mass is 275 g/mol. The molecule has 1 aliphatic rings. The Kier molecular flexibility index (Phi) is 5.41. The number of likely N-dealkylation sites (tertiary alicyclic amines) is 1. The molecule has 4 nitrogen and oxygen atoms in total. The number of carbonyl (C=O) groups is 1. The minimum atomic E-state index is 0.0286. The van der Waals surface area contributed by atoms with Crippen molar-refractivity contribution < 1.29 is 4.79 Å². The van der Waals surface area contributed by atoms with E-state index in [0.29, 0.717) is 0 Å². The number of nitrogens with one attached hydrogen (secondary N) is 2. The van der Waals surface area contributed by atoms with E-state index >= 15 is 0 Å². The lowest BCUT2D eigenvalue weighted by atomic mass is 10.1. The summed E-state index contributed by atoms with van der Waals surface area (Å²) in [5, 5.41) is 6.46. The van der Waals surface area contributed by atoms with Gasteiger partial charge in [0.25, 0.3) is 0 Å². The van der Waals surface area contributed by atoms with Crippen molar-refractivity contribution in [2.45, 2.75) is 39.2 Å². The first kappa shape index (κ1) is 14.9. The van der Waals surface area contributed by atoms with Crippen LogP contribution in [0.1, 0.15) is 44.7 Å². The lowest BCUT2D eigenvalue weighted by molar-refractivity contribution is 0.200. The summed E-state index contributed by atoms with van der Waals surface area (Å²) in [6.45, 7) is 6.86. The fraction of sp³-hybridized carbons (Fsp3) is 0.562. The lowest BCUT2D eigenvalue weighted by Crippen LogP contribution is -2.39. The first-order valence-electron chi connectivity index (χ1n) is 7.60. The molecule has 1 unspecified atom stereocenters. The number of carbonyl (C=O) groups excluding carboxylic acids is 1. The van der Waals surface area contributed by atoms with E-state index in [9.17, 15) is 4.79 Å². The van der Waals surface area contributed by atoms with Crippen LogP contribution in [0.25, 0.3) is 0 Å². The van der Waals surface area contributed by atoms with Crippen molar-refractivity contribution in [1.82, 2.24) is 10.2 Å². The highest BCUT2D eigenvalue weighted by molar-refractivity contribution is 5.90. The lowest BCUT2D eigenvalue weighted by Gasteiger charge is -2.27. The molecule has 1 aliphatic heterocycles. The number of hydrogen-bond donors (Lipinski definition) is 2. The van der Waals surface area contributed by atoms with E-state index in [1.54, 1.807) is 0 Å². The normalized spacial score (nSPS) is 16.8. The zero-order valence-corrected chi connectivity index (χ0v) is 12.5. The predicted molar refractivity (Wildman–Crippen MR) is 83.0 cm³/mol. The highest BCUT2D eigenvalue weighted by Crippen LogP contribution is 2.23. The van der Waals surface area contributed by atoms with Crippen LogP contribution >= 0.6 is 0 Å². The molecule has 0 saturated carbocycles. The van der Waals surface area contributed by atoms with Crippen LogP contribution in [0.15, 0.2) is 24.3 Å². The molecule has 110 valence electrons. The van der Waals surface area contributed by atoms with Crippen LogP contribution in [-0.2, 0) is 0 Å². The number of amides is 2. The average Bonchev–Trinajstić information content (AvgIpc) is 2.49. The van der Waals surface area contributed by atoms with E-state index < -0.39 is 0 Å². The summed E-state index contributed by atoms with van der Waals surface area (Å²) < 4.78 is 0. The molecule has 1 heterocycles. The molecule has 2 N–H and O–H groups in total. The third-order valence-corrected chi connectivity index (χ3v) is 3.82. The average molecular weight is 275 g/mol. The summed E-state index contributed by atoms with van der Waals surface area (Å²) in [5.41, 5.74) is 2.05. The van der Waals surface area contributed by atoms with Gasteiger partial charge in [0, 0.05) is 24.8 Å². The number of hydrogen-bond acceptors (Lipinski definition) is 2. The zero-order valence-electron chi connectivity index (χ0n) is 12.5. The molecule has 0 aliphatic carbocycles. The molecule has 2 rings (SSSR count). The number of rotatable bonds is 4. The van der Waals surface area contributed by atoms with Crippen molar-refractivity contribution in [3.63, 3.8) is 0 Å². The first-order valence-corrected chi connectivity index (χ1v) is 7.60. The van der Waals surface area contributed by atoms with E-state index in [1.165, 1.54) is 6.42 Å². The first-order chi connectivity index (χ1) is 9.72. The Balaban J connectivity index is 2.06. The fourth-order valence-corrected chi connectivity index (χ4v) is 2.70. The largest absolute Gasteiger partial charge is 0.325 e. The van der Waals surface area contributed by atoms with Crippen molar-refractivity contribution in [3.05, 3.63) is 29.8 Å². The van der Waals surface area contributed by atoms with Gasteiger partial charge in [-0.2, -0.15) is 0 Å². The van der Waals surface area contributed by atoms with Gasteiger partial charge in [0.1, 0.15) is 0 Å². The van der Waals surface area contributed by atoms with Crippen LogP contribution in [0.2, 0.25) is 0 Å². The molecular formula is C16H25N3O. The van der Waals surface area contributed by atoms with E-state index in [-0.39, 0.29) is 12.1 Å². The standard InChI is InChI=1S/C16H25N3O/c1-3-17-13(2)14-9-5-6-10-15(14)18-16(20)19-11-7-4-8-12-19/h5-6,9-10,13,17H,3-4,7-8,11-12H2,1-2H3,(H,18,20). The van der Waals surface area contributed by atoms with Gasteiger partial charge in [0.15, 0.2) is 0 Å². The molecule has 0 spiro atoms. The minimum Gasteiger partial charge on any atom is -0.325 e. The third-order valence-electron chi connectivity index (χ3n) is 3.82. The Morgan fingerprint density at radius 1 is 1.25 bits per heavy atom. The van der Waals surface area contributed by atoms with Gasteiger partial charge in [-0.05, 0) is 44.4 Å². The van der Waals surface area contributed by atoms with Crippen molar-refractivity contribution in [2.75, 3.05) is 25.0 Å². The maximum Gasteiger partial charge on any atom is 0.321 e. The Morgan fingerprint density at radius 2 is 1.95 bits per heavy atom. The van der Waals surface area contributed by atoms with Crippen LogP contribution in [0.5, 0.6) is 0 Å². The van der Waals surface area contributed by atoms with Gasteiger partial charge in [0.2, 0.25) is 0 Å². The highest BCUT2D eigenvalue weighted by Gasteiger charge is 2.18. The van der Waals surface area contributed by atoms with Crippen molar-refractivity contribution >= 4 is 11.7 Å². The predicted octanol–water partition coefficient (Wildman–Crippen LogP) is 3.37. The van der Waals surface area contributed by atoms with Crippen molar-refractivity contribution in [2.24, 2.45) is 0 Å². The number of urea groups is 1. The SMILES string of the molecule is CCNC(C)c1ccccc1NC(=O)N1CCCCC1. The maximum absolute atomic E-state index is 12.3. The molecular weight excluding hydrogens is 250 g/mol. The van der Waals surface area contributed by atoms with Crippen molar-refractivity contribution in [3.8, 4) is 0 Å². The summed E-state index contributed by atoms with van der Waals surface area (Å²) in [5.74, 6) is 0. The van der Waals surface area contributed by atoms with Gasteiger partial charge in [0.05, 0.1) is 0 Å². The molecule has 0 aromatic heterocycles. The van der Waals surface area contributed by atoms with E-state index in [0.717, 1.165) is 43.7 Å². The fourth-order valence-electron chi connectivity index (χ4n) is 2.70. The summed E-state index contributed by atoms with van der Waals surface area (Å²) in [7, 11) is 0. The van der Waals surface area contributed by atoms with Crippen LogP contribution < -0.4 is 10.6 Å². The second-order valence-electron chi connectivity index (χ2n) is 5.34. The van der Waals surface area contributed by atoms with Gasteiger partial charge < -0.3 is 15.5 Å². The quantitative estimate of drug-likeness (QED) is 0.885. The zero-order chi connectivity index (χ0) is 14.4.